The Labute approximate surface area is 130 Å². The fraction of sp³-hybridized carbons (Fsp3) is 0.467. The number of benzene rings is 1. The van der Waals surface area contributed by atoms with Crippen LogP contribution >= 0.6 is 0 Å². The fourth-order valence-corrected chi connectivity index (χ4v) is 1.52. The van der Waals surface area contributed by atoms with E-state index in [-0.39, 0.29) is 13.0 Å². The highest BCUT2D eigenvalue weighted by atomic mass is 19.3. The molecule has 1 aromatic carbocycles. The lowest BCUT2D eigenvalue weighted by Gasteiger charge is -2.14. The third-order valence-electron chi connectivity index (χ3n) is 2.77. The van der Waals surface area contributed by atoms with Gasteiger partial charge in [-0.15, -0.1) is 0 Å². The second kappa shape index (κ2) is 9.12. The largest absolute Gasteiger partial charge is 0.465 e. The molecule has 0 radical (unpaired) electrons. The minimum Gasteiger partial charge on any atom is -0.465 e. The monoisotopic (exact) mass is 336 g/mol. The van der Waals surface area contributed by atoms with Crippen molar-refractivity contribution in [3.8, 4) is 0 Å². The zero-order valence-electron chi connectivity index (χ0n) is 12.1. The summed E-state index contributed by atoms with van der Waals surface area (Å²) in [5.74, 6) is -6.25. The number of hydrogen-bond acceptors (Lipinski definition) is 4. The van der Waals surface area contributed by atoms with Crippen LogP contribution < -0.4 is 0 Å². The minimum absolute atomic E-state index is 0.112. The molecule has 128 valence electrons. The molecule has 1 aromatic rings. The number of rotatable bonds is 9. The maximum Gasteiger partial charge on any atom is 0.340 e. The Morgan fingerprint density at radius 3 is 2.13 bits per heavy atom. The van der Waals surface area contributed by atoms with Crippen LogP contribution in [0, 0.1) is 0 Å². The van der Waals surface area contributed by atoms with Gasteiger partial charge in [0.05, 0.1) is 19.4 Å². The van der Waals surface area contributed by atoms with E-state index in [4.69, 9.17) is 4.74 Å². The van der Waals surface area contributed by atoms with E-state index in [1.165, 1.54) is 0 Å². The first-order chi connectivity index (χ1) is 10.8. The minimum atomic E-state index is -4.40. The predicted octanol–water partition coefficient (Wildman–Crippen LogP) is 3.00. The molecule has 0 heterocycles. The van der Waals surface area contributed by atoms with Crippen molar-refractivity contribution in [3.05, 3.63) is 35.9 Å². The Balaban J connectivity index is 2.16. The van der Waals surface area contributed by atoms with E-state index >= 15 is 0 Å². The smallest absolute Gasteiger partial charge is 0.340 e. The lowest BCUT2D eigenvalue weighted by Crippen LogP contribution is -2.33. The molecule has 0 aliphatic heterocycles. The summed E-state index contributed by atoms with van der Waals surface area (Å²) in [6, 6.07) is 9.23. The number of carbonyl (C=O) groups is 2. The van der Waals surface area contributed by atoms with Crippen LogP contribution in [0.5, 0.6) is 0 Å². The highest BCUT2D eigenvalue weighted by Gasteiger charge is 2.42. The first kappa shape index (κ1) is 18.9. The summed E-state index contributed by atoms with van der Waals surface area (Å²) in [5, 5.41) is 0. The van der Waals surface area contributed by atoms with Crippen LogP contribution in [0.25, 0.3) is 0 Å². The average molecular weight is 336 g/mol. The summed E-state index contributed by atoms with van der Waals surface area (Å²) in [7, 11) is 0. The molecule has 0 saturated carbocycles. The van der Waals surface area contributed by atoms with Crippen molar-refractivity contribution in [2.45, 2.75) is 31.6 Å². The number of ether oxygens (including phenoxy) is 2. The molecule has 23 heavy (non-hydrogen) atoms. The van der Waals surface area contributed by atoms with E-state index in [0.717, 1.165) is 5.56 Å². The molecule has 0 fully saturated rings. The normalized spacial score (nSPS) is 11.3. The summed E-state index contributed by atoms with van der Waals surface area (Å²) in [4.78, 5) is 22.5. The third-order valence-corrected chi connectivity index (χ3v) is 2.77. The molecular formula is C15H16F4O4. The quantitative estimate of drug-likeness (QED) is 0.514. The summed E-state index contributed by atoms with van der Waals surface area (Å²) < 4.78 is 57.6. The van der Waals surface area contributed by atoms with Crippen molar-refractivity contribution < 1.29 is 36.6 Å². The third kappa shape index (κ3) is 7.62. The predicted molar refractivity (Wildman–Crippen MR) is 72.2 cm³/mol. The molecule has 8 heteroatoms. The molecule has 1 rings (SSSR count). The van der Waals surface area contributed by atoms with Crippen LogP contribution in [-0.4, -0.2) is 37.5 Å². The Morgan fingerprint density at radius 1 is 1.00 bits per heavy atom. The molecule has 0 aliphatic rings. The van der Waals surface area contributed by atoms with Crippen LogP contribution in [0.4, 0.5) is 17.6 Å². The lowest BCUT2D eigenvalue weighted by molar-refractivity contribution is -0.180. The zero-order valence-corrected chi connectivity index (χ0v) is 12.1. The van der Waals surface area contributed by atoms with Gasteiger partial charge in [-0.05, 0) is 5.56 Å². The second-order valence-electron chi connectivity index (χ2n) is 4.68. The van der Waals surface area contributed by atoms with Crippen LogP contribution in [-0.2, 0) is 25.5 Å². The number of carbonyl (C=O) groups excluding carboxylic acids is 2. The van der Waals surface area contributed by atoms with E-state index < -0.39 is 37.3 Å². The van der Waals surface area contributed by atoms with E-state index in [1.807, 2.05) is 30.3 Å². The molecule has 0 atom stereocenters. The van der Waals surface area contributed by atoms with Gasteiger partial charge in [-0.25, -0.2) is 8.78 Å². The van der Waals surface area contributed by atoms with Crippen LogP contribution in [0.2, 0.25) is 0 Å². The molecule has 0 amide bonds. The van der Waals surface area contributed by atoms with Crippen molar-refractivity contribution in [1.82, 2.24) is 0 Å². The number of hydrogen-bond donors (Lipinski definition) is 0. The van der Waals surface area contributed by atoms with Crippen molar-refractivity contribution in [3.63, 3.8) is 0 Å². The van der Waals surface area contributed by atoms with Gasteiger partial charge in [0, 0.05) is 6.42 Å². The van der Waals surface area contributed by atoms with Gasteiger partial charge >= 0.3 is 24.3 Å². The molecule has 0 N–H and O–H groups in total. The second-order valence-corrected chi connectivity index (χ2v) is 4.68. The van der Waals surface area contributed by atoms with E-state index in [1.54, 1.807) is 0 Å². The average Bonchev–Trinajstić information content (AvgIpc) is 2.52. The number of halogens is 4. The Morgan fingerprint density at radius 2 is 1.57 bits per heavy atom. The van der Waals surface area contributed by atoms with Crippen LogP contribution in [0.15, 0.2) is 30.3 Å². The zero-order chi connectivity index (χ0) is 17.3. The number of alkyl halides is 4. The van der Waals surface area contributed by atoms with Gasteiger partial charge in [0.2, 0.25) is 0 Å². The SMILES string of the molecule is O=C(CCC(=O)OCC(F)(F)C(F)F)OCCc1ccccc1. The number of esters is 2. The summed E-state index contributed by atoms with van der Waals surface area (Å²) in [5.41, 5.74) is 0.967. The lowest BCUT2D eigenvalue weighted by atomic mass is 10.2. The first-order valence-electron chi connectivity index (χ1n) is 6.82. The van der Waals surface area contributed by atoms with Crippen molar-refractivity contribution >= 4 is 11.9 Å². The highest BCUT2D eigenvalue weighted by Crippen LogP contribution is 2.23. The van der Waals surface area contributed by atoms with Crippen molar-refractivity contribution in [2.24, 2.45) is 0 Å². The topological polar surface area (TPSA) is 52.6 Å². The summed E-state index contributed by atoms with van der Waals surface area (Å²) in [6.45, 7) is -1.60. The highest BCUT2D eigenvalue weighted by molar-refractivity contribution is 5.77. The molecule has 0 spiro atoms. The molecular weight excluding hydrogens is 320 g/mol. The summed E-state index contributed by atoms with van der Waals surface area (Å²) >= 11 is 0. The van der Waals surface area contributed by atoms with E-state index in [9.17, 15) is 27.2 Å². The fourth-order valence-electron chi connectivity index (χ4n) is 1.52. The van der Waals surface area contributed by atoms with E-state index in [2.05, 4.69) is 4.74 Å². The molecule has 0 aliphatic carbocycles. The van der Waals surface area contributed by atoms with Gasteiger partial charge in [0.15, 0.2) is 6.61 Å². The molecule has 0 saturated heterocycles. The van der Waals surface area contributed by atoms with Crippen molar-refractivity contribution in [1.29, 1.82) is 0 Å². The maximum atomic E-state index is 12.5. The maximum absolute atomic E-state index is 12.5. The van der Waals surface area contributed by atoms with Crippen LogP contribution in [0.3, 0.4) is 0 Å². The van der Waals surface area contributed by atoms with Gasteiger partial charge in [-0.1, -0.05) is 30.3 Å². The van der Waals surface area contributed by atoms with Gasteiger partial charge < -0.3 is 9.47 Å². The van der Waals surface area contributed by atoms with Crippen LogP contribution in [0.1, 0.15) is 18.4 Å². The molecule has 0 unspecified atom stereocenters. The van der Waals surface area contributed by atoms with Gasteiger partial charge in [-0.3, -0.25) is 9.59 Å². The van der Waals surface area contributed by atoms with Gasteiger partial charge in [0.25, 0.3) is 0 Å². The first-order valence-corrected chi connectivity index (χ1v) is 6.82. The van der Waals surface area contributed by atoms with Gasteiger partial charge in [-0.2, -0.15) is 8.78 Å². The molecule has 0 aromatic heterocycles. The molecule has 0 bridgehead atoms. The van der Waals surface area contributed by atoms with Crippen molar-refractivity contribution in [2.75, 3.05) is 13.2 Å². The Hall–Kier alpha value is -2.12. The Bertz CT molecular complexity index is 505. The Kier molecular flexibility index (Phi) is 7.50. The van der Waals surface area contributed by atoms with Gasteiger partial charge in [0.1, 0.15) is 0 Å². The standard InChI is InChI=1S/C15H16F4O4/c16-14(17)15(18,19)10-23-13(21)7-6-12(20)22-9-8-11-4-2-1-3-5-11/h1-5,14H,6-10H2. The summed E-state index contributed by atoms with van der Waals surface area (Å²) in [6.07, 6.45) is -4.30. The molecule has 4 nitrogen and oxygen atoms in total. The van der Waals surface area contributed by atoms with E-state index in [0.29, 0.717) is 6.42 Å².